The SMILES string of the molecule is Cc1c(Cl)cccc1N1C(=O)C(Cl)=C(Nc2ccc(CC(N)=O)cc2)C1=O. The van der Waals surface area contributed by atoms with Crippen molar-refractivity contribution in [3.05, 3.63) is 69.3 Å². The molecule has 3 N–H and O–H groups in total. The summed E-state index contributed by atoms with van der Waals surface area (Å²) in [6, 6.07) is 11.7. The lowest BCUT2D eigenvalue weighted by molar-refractivity contribution is -0.120. The zero-order valence-electron chi connectivity index (χ0n) is 14.3. The van der Waals surface area contributed by atoms with Crippen LogP contribution in [0.15, 0.2) is 53.2 Å². The van der Waals surface area contributed by atoms with Crippen molar-refractivity contribution in [3.8, 4) is 0 Å². The first-order valence-electron chi connectivity index (χ1n) is 7.97. The van der Waals surface area contributed by atoms with Gasteiger partial charge in [0.25, 0.3) is 11.8 Å². The Hall–Kier alpha value is -2.83. The first-order valence-corrected chi connectivity index (χ1v) is 8.73. The van der Waals surface area contributed by atoms with Gasteiger partial charge in [0.2, 0.25) is 5.91 Å². The molecule has 3 rings (SSSR count). The van der Waals surface area contributed by atoms with Gasteiger partial charge in [-0.3, -0.25) is 14.4 Å². The lowest BCUT2D eigenvalue weighted by atomic mass is 10.1. The van der Waals surface area contributed by atoms with Gasteiger partial charge in [0, 0.05) is 10.7 Å². The molecule has 0 fully saturated rings. The number of carbonyl (C=O) groups is 3. The Morgan fingerprint density at radius 1 is 1.07 bits per heavy atom. The minimum atomic E-state index is -0.625. The van der Waals surface area contributed by atoms with Crippen LogP contribution in [0.3, 0.4) is 0 Å². The molecule has 0 aliphatic carbocycles. The maximum atomic E-state index is 12.8. The van der Waals surface area contributed by atoms with Crippen molar-refractivity contribution < 1.29 is 14.4 Å². The third kappa shape index (κ3) is 3.67. The number of rotatable bonds is 5. The molecule has 0 saturated heterocycles. The standard InChI is InChI=1S/C19H15Cl2N3O3/c1-10-13(20)3-2-4-14(10)24-18(26)16(21)17(19(24)27)23-12-7-5-11(6-8-12)9-15(22)25/h2-8,23H,9H2,1H3,(H2,22,25). The van der Waals surface area contributed by atoms with Crippen LogP contribution in [-0.2, 0) is 20.8 Å². The zero-order valence-corrected chi connectivity index (χ0v) is 15.8. The van der Waals surface area contributed by atoms with E-state index in [1.807, 2.05) is 0 Å². The van der Waals surface area contributed by atoms with Gasteiger partial charge in [0.05, 0.1) is 12.1 Å². The molecule has 1 aliphatic rings. The van der Waals surface area contributed by atoms with Crippen LogP contribution in [0.25, 0.3) is 0 Å². The monoisotopic (exact) mass is 403 g/mol. The Morgan fingerprint density at radius 3 is 2.37 bits per heavy atom. The largest absolute Gasteiger partial charge is 0.369 e. The van der Waals surface area contributed by atoms with Gasteiger partial charge in [-0.1, -0.05) is 41.4 Å². The summed E-state index contributed by atoms with van der Waals surface area (Å²) in [6.45, 7) is 1.72. The van der Waals surface area contributed by atoms with E-state index in [2.05, 4.69) is 5.32 Å². The lowest BCUT2D eigenvalue weighted by Gasteiger charge is -2.18. The fourth-order valence-electron chi connectivity index (χ4n) is 2.72. The topological polar surface area (TPSA) is 92.5 Å². The number of amides is 3. The van der Waals surface area contributed by atoms with E-state index in [0.29, 0.717) is 22.0 Å². The molecular weight excluding hydrogens is 389 g/mol. The Balaban J connectivity index is 1.86. The van der Waals surface area contributed by atoms with Crippen molar-refractivity contribution in [2.45, 2.75) is 13.3 Å². The first-order chi connectivity index (χ1) is 12.8. The highest BCUT2D eigenvalue weighted by atomic mass is 35.5. The van der Waals surface area contributed by atoms with E-state index in [4.69, 9.17) is 28.9 Å². The molecule has 1 heterocycles. The molecule has 0 unspecified atom stereocenters. The summed E-state index contributed by atoms with van der Waals surface area (Å²) in [4.78, 5) is 37.3. The van der Waals surface area contributed by atoms with Crippen molar-refractivity contribution in [2.75, 3.05) is 10.2 Å². The molecule has 0 spiro atoms. The van der Waals surface area contributed by atoms with Crippen LogP contribution in [0.1, 0.15) is 11.1 Å². The maximum absolute atomic E-state index is 12.8. The summed E-state index contributed by atoms with van der Waals surface area (Å²) >= 11 is 12.2. The van der Waals surface area contributed by atoms with Gasteiger partial charge in [-0.25, -0.2) is 4.90 Å². The summed E-state index contributed by atoms with van der Waals surface area (Å²) < 4.78 is 0. The summed E-state index contributed by atoms with van der Waals surface area (Å²) in [6.07, 6.45) is 0.114. The van der Waals surface area contributed by atoms with Gasteiger partial charge in [-0.2, -0.15) is 0 Å². The molecular formula is C19H15Cl2N3O3. The molecule has 0 radical (unpaired) electrons. The van der Waals surface area contributed by atoms with Gasteiger partial charge >= 0.3 is 0 Å². The highest BCUT2D eigenvalue weighted by Gasteiger charge is 2.39. The zero-order chi connectivity index (χ0) is 19.7. The van der Waals surface area contributed by atoms with Crippen molar-refractivity contribution in [1.29, 1.82) is 0 Å². The van der Waals surface area contributed by atoms with E-state index in [1.54, 1.807) is 49.4 Å². The second kappa shape index (κ2) is 7.42. The van der Waals surface area contributed by atoms with Gasteiger partial charge in [0.1, 0.15) is 10.7 Å². The van der Waals surface area contributed by atoms with Crippen LogP contribution in [0.4, 0.5) is 11.4 Å². The predicted octanol–water partition coefficient (Wildman–Crippen LogP) is 3.11. The van der Waals surface area contributed by atoms with Crippen LogP contribution in [-0.4, -0.2) is 17.7 Å². The van der Waals surface area contributed by atoms with E-state index in [1.165, 1.54) is 0 Å². The molecule has 6 nitrogen and oxygen atoms in total. The molecule has 2 aromatic rings. The first kappa shape index (κ1) is 18.9. The fraction of sp³-hybridized carbons (Fsp3) is 0.105. The predicted molar refractivity (Wildman–Crippen MR) is 105 cm³/mol. The number of benzene rings is 2. The number of hydrogen-bond donors (Lipinski definition) is 2. The average molecular weight is 404 g/mol. The fourth-order valence-corrected chi connectivity index (χ4v) is 3.10. The second-order valence-electron chi connectivity index (χ2n) is 5.98. The van der Waals surface area contributed by atoms with E-state index in [9.17, 15) is 14.4 Å². The minimum Gasteiger partial charge on any atom is -0.369 e. The number of anilines is 2. The number of imide groups is 1. The number of carbonyl (C=O) groups excluding carboxylic acids is 3. The van der Waals surface area contributed by atoms with Gasteiger partial charge < -0.3 is 11.1 Å². The van der Waals surface area contributed by atoms with E-state index in [0.717, 1.165) is 10.5 Å². The smallest absolute Gasteiger partial charge is 0.283 e. The summed E-state index contributed by atoms with van der Waals surface area (Å²) in [5.41, 5.74) is 7.40. The minimum absolute atomic E-state index is 0.0244. The summed E-state index contributed by atoms with van der Waals surface area (Å²) in [7, 11) is 0. The van der Waals surface area contributed by atoms with Crippen molar-refractivity contribution >= 4 is 52.3 Å². The highest BCUT2D eigenvalue weighted by molar-refractivity contribution is 6.53. The molecule has 27 heavy (non-hydrogen) atoms. The van der Waals surface area contributed by atoms with Gasteiger partial charge in [-0.05, 0) is 42.3 Å². The highest BCUT2D eigenvalue weighted by Crippen LogP contribution is 2.34. The molecule has 2 aromatic carbocycles. The molecule has 0 aromatic heterocycles. The van der Waals surface area contributed by atoms with Gasteiger partial charge in [-0.15, -0.1) is 0 Å². The lowest BCUT2D eigenvalue weighted by Crippen LogP contribution is -2.32. The molecule has 1 aliphatic heterocycles. The second-order valence-corrected chi connectivity index (χ2v) is 6.77. The van der Waals surface area contributed by atoms with Crippen LogP contribution < -0.4 is 16.0 Å². The Morgan fingerprint density at radius 2 is 1.74 bits per heavy atom. The number of nitrogens with two attached hydrogens (primary N) is 1. The Kier molecular flexibility index (Phi) is 5.21. The number of primary amides is 1. The van der Waals surface area contributed by atoms with E-state index >= 15 is 0 Å². The van der Waals surface area contributed by atoms with Crippen LogP contribution in [0.5, 0.6) is 0 Å². The van der Waals surface area contributed by atoms with Crippen LogP contribution in [0.2, 0.25) is 5.02 Å². The van der Waals surface area contributed by atoms with Crippen molar-refractivity contribution in [3.63, 3.8) is 0 Å². The summed E-state index contributed by atoms with van der Waals surface area (Å²) in [5, 5.41) is 3.10. The Bertz CT molecular complexity index is 984. The van der Waals surface area contributed by atoms with Crippen molar-refractivity contribution in [2.24, 2.45) is 5.73 Å². The molecule has 138 valence electrons. The third-order valence-corrected chi connectivity index (χ3v) is 4.87. The van der Waals surface area contributed by atoms with Crippen LogP contribution >= 0.6 is 23.2 Å². The van der Waals surface area contributed by atoms with E-state index in [-0.39, 0.29) is 17.2 Å². The molecule has 3 amide bonds. The number of nitrogens with zero attached hydrogens (tertiary/aromatic N) is 1. The third-order valence-electron chi connectivity index (χ3n) is 4.11. The van der Waals surface area contributed by atoms with E-state index < -0.39 is 17.7 Å². The number of nitrogens with one attached hydrogen (secondary N) is 1. The number of halogens is 2. The van der Waals surface area contributed by atoms with Crippen LogP contribution in [0, 0.1) is 6.92 Å². The molecule has 0 saturated carbocycles. The number of hydrogen-bond acceptors (Lipinski definition) is 4. The average Bonchev–Trinajstić information content (AvgIpc) is 2.82. The summed E-state index contributed by atoms with van der Waals surface area (Å²) in [5.74, 6) is -1.64. The Labute approximate surface area is 165 Å². The molecule has 0 bridgehead atoms. The molecule has 8 heteroatoms. The maximum Gasteiger partial charge on any atom is 0.283 e. The van der Waals surface area contributed by atoms with Crippen molar-refractivity contribution in [1.82, 2.24) is 0 Å². The van der Waals surface area contributed by atoms with Gasteiger partial charge in [0.15, 0.2) is 0 Å². The molecule has 0 atom stereocenters. The quantitative estimate of drug-likeness (QED) is 0.749. The normalized spacial score (nSPS) is 14.1.